The Balaban J connectivity index is 1.39. The molecule has 0 aliphatic carbocycles. The van der Waals surface area contributed by atoms with Gasteiger partial charge in [-0.1, -0.05) is 29.8 Å². The van der Waals surface area contributed by atoms with Crippen molar-refractivity contribution in [2.45, 2.75) is 26.8 Å². The fraction of sp³-hybridized carbons (Fsp3) is 0.238. The van der Waals surface area contributed by atoms with Gasteiger partial charge in [0.05, 0.1) is 12.1 Å². The summed E-state index contributed by atoms with van der Waals surface area (Å²) in [6, 6.07) is 14.0. The van der Waals surface area contributed by atoms with Crippen molar-refractivity contribution < 1.29 is 14.3 Å². The maximum atomic E-state index is 12.4. The lowest BCUT2D eigenvalue weighted by molar-refractivity contribution is -0.120. The lowest BCUT2D eigenvalue weighted by Gasteiger charge is -2.06. The van der Waals surface area contributed by atoms with E-state index in [0.717, 1.165) is 38.2 Å². The van der Waals surface area contributed by atoms with Crippen LogP contribution in [-0.4, -0.2) is 17.7 Å². The molecule has 0 spiro atoms. The highest BCUT2D eigenvalue weighted by atomic mass is 32.1. The molecule has 0 radical (unpaired) electrons. The Kier molecular flexibility index (Phi) is 4.81. The Morgan fingerprint density at radius 3 is 2.85 bits per heavy atom. The molecule has 5 nitrogen and oxygen atoms in total. The van der Waals surface area contributed by atoms with Gasteiger partial charge in [-0.25, -0.2) is 4.98 Å². The Morgan fingerprint density at radius 1 is 1.15 bits per heavy atom. The Labute approximate surface area is 162 Å². The van der Waals surface area contributed by atoms with Crippen LogP contribution in [0, 0.1) is 13.8 Å². The Hall–Kier alpha value is -2.86. The zero-order chi connectivity index (χ0) is 18.8. The number of thiazole rings is 1. The quantitative estimate of drug-likeness (QED) is 0.726. The van der Waals surface area contributed by atoms with Crippen molar-refractivity contribution in [2.24, 2.45) is 0 Å². The number of carbonyl (C=O) groups is 1. The minimum atomic E-state index is -0.0183. The highest BCUT2D eigenvalue weighted by Gasteiger charge is 2.15. The lowest BCUT2D eigenvalue weighted by atomic mass is 10.1. The van der Waals surface area contributed by atoms with Gasteiger partial charge in [0.25, 0.3) is 0 Å². The first-order valence-electron chi connectivity index (χ1n) is 8.77. The summed E-state index contributed by atoms with van der Waals surface area (Å²) >= 11 is 1.58. The molecule has 2 heterocycles. The number of hydrogen-bond acceptors (Lipinski definition) is 5. The predicted molar refractivity (Wildman–Crippen MR) is 105 cm³/mol. The number of rotatable bonds is 5. The van der Waals surface area contributed by atoms with E-state index in [1.54, 1.807) is 11.3 Å². The minimum Gasteiger partial charge on any atom is -0.454 e. The average Bonchev–Trinajstić information content (AvgIpc) is 3.26. The van der Waals surface area contributed by atoms with E-state index in [1.807, 2.05) is 31.2 Å². The summed E-state index contributed by atoms with van der Waals surface area (Å²) in [5.74, 6) is 1.45. The van der Waals surface area contributed by atoms with Crippen LogP contribution in [0.15, 0.2) is 42.5 Å². The molecule has 1 N–H and O–H groups in total. The maximum Gasteiger partial charge on any atom is 0.231 e. The highest BCUT2D eigenvalue weighted by molar-refractivity contribution is 7.15. The van der Waals surface area contributed by atoms with Crippen molar-refractivity contribution in [1.29, 1.82) is 0 Å². The highest BCUT2D eigenvalue weighted by Crippen LogP contribution is 2.32. The van der Waals surface area contributed by atoms with Gasteiger partial charge < -0.3 is 14.8 Å². The molecule has 3 aromatic rings. The summed E-state index contributed by atoms with van der Waals surface area (Å²) in [5, 5.41) is 3.92. The van der Waals surface area contributed by atoms with Gasteiger partial charge in [-0.3, -0.25) is 4.79 Å². The molecule has 6 heteroatoms. The van der Waals surface area contributed by atoms with E-state index in [2.05, 4.69) is 35.4 Å². The predicted octanol–water partition coefficient (Wildman–Crippen LogP) is 4.01. The van der Waals surface area contributed by atoms with E-state index in [0.29, 0.717) is 13.0 Å². The molecule has 1 amide bonds. The number of hydrogen-bond donors (Lipinski definition) is 1. The number of aryl methyl sites for hydroxylation is 2. The normalized spacial score (nSPS) is 12.2. The maximum absolute atomic E-state index is 12.4. The first-order chi connectivity index (χ1) is 13.1. The van der Waals surface area contributed by atoms with Crippen LogP contribution in [0.25, 0.3) is 10.6 Å². The largest absolute Gasteiger partial charge is 0.454 e. The van der Waals surface area contributed by atoms with Crippen LogP contribution < -0.4 is 14.8 Å². The minimum absolute atomic E-state index is 0.0183. The molecule has 1 aliphatic rings. The first-order valence-corrected chi connectivity index (χ1v) is 9.59. The monoisotopic (exact) mass is 380 g/mol. The van der Waals surface area contributed by atoms with E-state index in [4.69, 9.17) is 9.47 Å². The van der Waals surface area contributed by atoms with E-state index in [1.165, 1.54) is 5.56 Å². The van der Waals surface area contributed by atoms with Gasteiger partial charge in [0, 0.05) is 17.0 Å². The Morgan fingerprint density at radius 2 is 2.00 bits per heavy atom. The molecule has 27 heavy (non-hydrogen) atoms. The molecule has 0 bridgehead atoms. The molecule has 0 fully saturated rings. The number of aromatic nitrogens is 1. The van der Waals surface area contributed by atoms with Crippen LogP contribution in [0.5, 0.6) is 11.5 Å². The number of amides is 1. The van der Waals surface area contributed by atoms with Crippen LogP contribution in [0.1, 0.15) is 21.7 Å². The van der Waals surface area contributed by atoms with Gasteiger partial charge >= 0.3 is 0 Å². The summed E-state index contributed by atoms with van der Waals surface area (Å²) in [5.41, 5.74) is 4.18. The molecule has 0 atom stereocenters. The third-order valence-corrected chi connectivity index (χ3v) is 5.61. The molecular weight excluding hydrogens is 360 g/mol. The average molecular weight is 380 g/mol. The number of fused-ring (bicyclic) bond motifs is 1. The van der Waals surface area contributed by atoms with Crippen LogP contribution >= 0.6 is 11.3 Å². The van der Waals surface area contributed by atoms with Crippen molar-refractivity contribution in [2.75, 3.05) is 6.79 Å². The van der Waals surface area contributed by atoms with Crippen LogP contribution in [0.2, 0.25) is 0 Å². The number of ether oxygens (including phenoxy) is 2. The number of nitrogens with one attached hydrogen (secondary N) is 1. The summed E-state index contributed by atoms with van der Waals surface area (Å²) in [6.45, 7) is 4.72. The van der Waals surface area contributed by atoms with E-state index >= 15 is 0 Å². The van der Waals surface area contributed by atoms with Crippen LogP contribution in [-0.2, 0) is 17.8 Å². The summed E-state index contributed by atoms with van der Waals surface area (Å²) < 4.78 is 10.7. The second-order valence-corrected chi connectivity index (χ2v) is 7.62. The topological polar surface area (TPSA) is 60.5 Å². The fourth-order valence-electron chi connectivity index (χ4n) is 2.95. The van der Waals surface area contributed by atoms with Crippen molar-refractivity contribution in [1.82, 2.24) is 10.3 Å². The number of nitrogens with zero attached hydrogens (tertiary/aromatic N) is 1. The Bertz CT molecular complexity index is 997. The van der Waals surface area contributed by atoms with Gasteiger partial charge in [0.15, 0.2) is 11.5 Å². The SMILES string of the molecule is Cc1cccc(-c2nc(C)c(CC(=O)NCc3ccc4c(c3)OCO4)s2)c1. The molecule has 1 aromatic heterocycles. The third-order valence-electron chi connectivity index (χ3n) is 4.41. The first kappa shape index (κ1) is 17.5. The van der Waals surface area contributed by atoms with E-state index < -0.39 is 0 Å². The van der Waals surface area contributed by atoms with Crippen molar-refractivity contribution in [3.63, 3.8) is 0 Å². The van der Waals surface area contributed by atoms with Crippen LogP contribution in [0.3, 0.4) is 0 Å². The zero-order valence-electron chi connectivity index (χ0n) is 15.2. The molecule has 1 aliphatic heterocycles. The van der Waals surface area contributed by atoms with Gasteiger partial charge in [-0.15, -0.1) is 11.3 Å². The zero-order valence-corrected chi connectivity index (χ0v) is 16.1. The molecule has 4 rings (SSSR count). The standard InChI is InChI=1S/C21H20N2O3S/c1-13-4-3-5-16(8-13)21-23-14(2)19(27-21)10-20(24)22-11-15-6-7-17-18(9-15)26-12-25-17/h3-9H,10-12H2,1-2H3,(H,22,24). The van der Waals surface area contributed by atoms with E-state index in [-0.39, 0.29) is 12.7 Å². The third kappa shape index (κ3) is 3.95. The lowest BCUT2D eigenvalue weighted by Crippen LogP contribution is -2.24. The summed E-state index contributed by atoms with van der Waals surface area (Å²) in [6.07, 6.45) is 0.333. The summed E-state index contributed by atoms with van der Waals surface area (Å²) in [7, 11) is 0. The molecule has 138 valence electrons. The van der Waals surface area contributed by atoms with Crippen molar-refractivity contribution in [3.05, 3.63) is 64.2 Å². The van der Waals surface area contributed by atoms with Crippen LogP contribution in [0.4, 0.5) is 0 Å². The van der Waals surface area contributed by atoms with Gasteiger partial charge in [-0.05, 0) is 37.6 Å². The number of benzene rings is 2. The molecule has 2 aromatic carbocycles. The number of carbonyl (C=O) groups excluding carboxylic acids is 1. The van der Waals surface area contributed by atoms with Gasteiger partial charge in [0.1, 0.15) is 5.01 Å². The van der Waals surface area contributed by atoms with E-state index in [9.17, 15) is 4.79 Å². The van der Waals surface area contributed by atoms with Crippen molar-refractivity contribution in [3.8, 4) is 22.1 Å². The molecule has 0 saturated carbocycles. The van der Waals surface area contributed by atoms with Gasteiger partial charge in [-0.2, -0.15) is 0 Å². The fourth-order valence-corrected chi connectivity index (χ4v) is 4.01. The molecule has 0 saturated heterocycles. The second-order valence-electron chi connectivity index (χ2n) is 6.54. The van der Waals surface area contributed by atoms with Gasteiger partial charge in [0.2, 0.25) is 12.7 Å². The second kappa shape index (κ2) is 7.40. The molecule has 0 unspecified atom stereocenters. The molecular formula is C21H20N2O3S. The summed E-state index contributed by atoms with van der Waals surface area (Å²) in [4.78, 5) is 18.0. The van der Waals surface area contributed by atoms with Crippen molar-refractivity contribution >= 4 is 17.2 Å². The smallest absolute Gasteiger partial charge is 0.231 e.